The van der Waals surface area contributed by atoms with Crippen LogP contribution in [0.4, 0.5) is 0 Å². The van der Waals surface area contributed by atoms with Crippen LogP contribution in [0.1, 0.15) is 23.2 Å². The van der Waals surface area contributed by atoms with Gasteiger partial charge in [0.25, 0.3) is 5.91 Å². The Bertz CT molecular complexity index is 695. The highest BCUT2D eigenvalue weighted by molar-refractivity contribution is 9.10. The molecule has 2 aromatic rings. The number of likely N-dealkylation sites (tertiary alicyclic amines) is 1. The Morgan fingerprint density at radius 1 is 1.40 bits per heavy atom. The molecule has 2 amide bonds. The number of hydrogen-bond donors (Lipinski definition) is 2. The molecule has 0 spiro atoms. The molecule has 0 bridgehead atoms. The van der Waals surface area contributed by atoms with Crippen molar-refractivity contribution in [1.82, 2.24) is 9.88 Å². The number of hydrogen-bond acceptors (Lipinski definition) is 2. The van der Waals surface area contributed by atoms with E-state index in [9.17, 15) is 9.59 Å². The van der Waals surface area contributed by atoms with Gasteiger partial charge in [-0.3, -0.25) is 9.59 Å². The van der Waals surface area contributed by atoms with Crippen molar-refractivity contribution in [2.75, 3.05) is 6.54 Å². The van der Waals surface area contributed by atoms with E-state index in [4.69, 9.17) is 5.73 Å². The lowest BCUT2D eigenvalue weighted by Crippen LogP contribution is -2.43. The molecule has 2 heterocycles. The minimum atomic E-state index is -0.486. The third-order valence-electron chi connectivity index (χ3n) is 3.74. The van der Waals surface area contributed by atoms with E-state index in [1.807, 2.05) is 18.2 Å². The van der Waals surface area contributed by atoms with Gasteiger partial charge >= 0.3 is 0 Å². The third-order valence-corrected chi connectivity index (χ3v) is 4.40. The maximum Gasteiger partial charge on any atom is 0.256 e. The predicted molar refractivity (Wildman–Crippen MR) is 79.3 cm³/mol. The Hall–Kier alpha value is -1.82. The fourth-order valence-electron chi connectivity index (χ4n) is 2.75. The molecule has 104 valence electrons. The number of aromatic amines is 1. The first-order valence-electron chi connectivity index (χ1n) is 6.45. The number of nitrogens with zero attached hydrogens (tertiary/aromatic N) is 1. The van der Waals surface area contributed by atoms with Gasteiger partial charge in [0.05, 0.1) is 11.1 Å². The van der Waals surface area contributed by atoms with Crippen LogP contribution in [0.2, 0.25) is 0 Å². The number of fused-ring (bicyclic) bond motifs is 1. The van der Waals surface area contributed by atoms with Gasteiger partial charge in [0.2, 0.25) is 5.91 Å². The Kier molecular flexibility index (Phi) is 3.25. The molecule has 0 unspecified atom stereocenters. The smallest absolute Gasteiger partial charge is 0.256 e. The molecule has 6 heteroatoms. The second-order valence-electron chi connectivity index (χ2n) is 4.92. The van der Waals surface area contributed by atoms with Crippen LogP contribution in [-0.2, 0) is 4.79 Å². The minimum absolute atomic E-state index is 0.143. The first kappa shape index (κ1) is 13.2. The number of rotatable bonds is 2. The summed E-state index contributed by atoms with van der Waals surface area (Å²) in [6.07, 6.45) is 3.15. The average molecular weight is 336 g/mol. The van der Waals surface area contributed by atoms with Gasteiger partial charge < -0.3 is 15.6 Å². The molecular weight excluding hydrogens is 322 g/mol. The monoisotopic (exact) mass is 335 g/mol. The van der Waals surface area contributed by atoms with E-state index in [0.29, 0.717) is 18.5 Å². The van der Waals surface area contributed by atoms with Crippen molar-refractivity contribution < 1.29 is 9.59 Å². The molecule has 0 saturated carbocycles. The van der Waals surface area contributed by atoms with Gasteiger partial charge in [-0.25, -0.2) is 0 Å². The fraction of sp³-hybridized carbons (Fsp3) is 0.286. The number of H-pyrrole nitrogens is 1. The molecule has 5 nitrogen and oxygen atoms in total. The second kappa shape index (κ2) is 4.94. The van der Waals surface area contributed by atoms with Gasteiger partial charge in [0.1, 0.15) is 6.04 Å². The number of primary amides is 1. The molecule has 3 N–H and O–H groups in total. The standard InChI is InChI=1S/C14H14BrN3O2/c15-10-4-1-3-8-9(7-17-12(8)10)14(20)18-6-2-5-11(18)13(16)19/h1,3-4,7,11,17H,2,5-6H2,(H2,16,19)/t11-/m1/s1. The van der Waals surface area contributed by atoms with Crippen molar-refractivity contribution >= 4 is 38.6 Å². The SMILES string of the molecule is NC(=O)[C@H]1CCCN1C(=O)c1c[nH]c2c(Br)cccc12. The quantitative estimate of drug-likeness (QED) is 0.880. The molecule has 1 aliphatic heterocycles. The van der Waals surface area contributed by atoms with Gasteiger partial charge in [0, 0.05) is 22.6 Å². The van der Waals surface area contributed by atoms with E-state index >= 15 is 0 Å². The van der Waals surface area contributed by atoms with Gasteiger partial charge in [0.15, 0.2) is 0 Å². The molecule has 3 rings (SSSR count). The fourth-order valence-corrected chi connectivity index (χ4v) is 3.24. The lowest BCUT2D eigenvalue weighted by atomic mass is 10.1. The van der Waals surface area contributed by atoms with Crippen LogP contribution in [0, 0.1) is 0 Å². The molecule has 0 radical (unpaired) electrons. The number of amides is 2. The van der Waals surface area contributed by atoms with Crippen LogP contribution in [0.25, 0.3) is 10.9 Å². The maximum atomic E-state index is 12.6. The summed E-state index contributed by atoms with van der Waals surface area (Å²) >= 11 is 3.45. The molecule has 1 aliphatic rings. The van der Waals surface area contributed by atoms with E-state index in [1.165, 1.54) is 0 Å². The summed E-state index contributed by atoms with van der Waals surface area (Å²) in [6.45, 7) is 0.577. The van der Waals surface area contributed by atoms with Crippen LogP contribution >= 0.6 is 15.9 Å². The normalized spacial score (nSPS) is 18.6. The highest BCUT2D eigenvalue weighted by Crippen LogP contribution is 2.28. The highest BCUT2D eigenvalue weighted by Gasteiger charge is 2.34. The summed E-state index contributed by atoms with van der Waals surface area (Å²) in [6, 6.07) is 5.19. The Labute approximate surface area is 124 Å². The molecular formula is C14H14BrN3O2. The number of nitrogens with one attached hydrogen (secondary N) is 1. The zero-order valence-corrected chi connectivity index (χ0v) is 12.3. The summed E-state index contributed by atoms with van der Waals surface area (Å²) < 4.78 is 0.905. The lowest BCUT2D eigenvalue weighted by molar-refractivity contribution is -0.121. The average Bonchev–Trinajstić information content (AvgIpc) is 3.05. The largest absolute Gasteiger partial charge is 0.368 e. The van der Waals surface area contributed by atoms with Crippen molar-refractivity contribution in [3.8, 4) is 0 Å². The number of aromatic nitrogens is 1. The Morgan fingerprint density at radius 2 is 2.20 bits per heavy atom. The maximum absolute atomic E-state index is 12.6. The van der Waals surface area contributed by atoms with Crippen molar-refractivity contribution in [1.29, 1.82) is 0 Å². The number of para-hydroxylation sites is 1. The number of carbonyl (C=O) groups is 2. The zero-order chi connectivity index (χ0) is 14.3. The number of halogens is 1. The summed E-state index contributed by atoms with van der Waals surface area (Å²) in [4.78, 5) is 28.7. The Balaban J connectivity index is 2.01. The summed E-state index contributed by atoms with van der Waals surface area (Å²) in [5.41, 5.74) is 6.83. The van der Waals surface area contributed by atoms with E-state index in [2.05, 4.69) is 20.9 Å². The van der Waals surface area contributed by atoms with Crippen LogP contribution in [0.15, 0.2) is 28.9 Å². The van der Waals surface area contributed by atoms with Crippen LogP contribution in [0.3, 0.4) is 0 Å². The third kappa shape index (κ3) is 2.00. The van der Waals surface area contributed by atoms with E-state index in [-0.39, 0.29) is 5.91 Å². The summed E-state index contributed by atoms with van der Waals surface area (Å²) in [5.74, 6) is -0.576. The van der Waals surface area contributed by atoms with Crippen molar-refractivity contribution in [3.05, 3.63) is 34.4 Å². The number of nitrogens with two attached hydrogens (primary N) is 1. The molecule has 1 atom stereocenters. The molecule has 1 saturated heterocycles. The molecule has 1 fully saturated rings. The summed E-state index contributed by atoms with van der Waals surface area (Å²) in [5, 5.41) is 0.847. The van der Waals surface area contributed by atoms with Gasteiger partial charge in [-0.2, -0.15) is 0 Å². The minimum Gasteiger partial charge on any atom is -0.368 e. The first-order chi connectivity index (χ1) is 9.59. The van der Waals surface area contributed by atoms with Crippen LogP contribution in [0.5, 0.6) is 0 Å². The lowest BCUT2D eigenvalue weighted by Gasteiger charge is -2.21. The molecule has 1 aromatic carbocycles. The molecule has 20 heavy (non-hydrogen) atoms. The van der Waals surface area contributed by atoms with E-state index < -0.39 is 11.9 Å². The predicted octanol–water partition coefficient (Wildman–Crippen LogP) is 2.02. The first-order valence-corrected chi connectivity index (χ1v) is 7.25. The van der Waals surface area contributed by atoms with Crippen molar-refractivity contribution in [2.24, 2.45) is 5.73 Å². The van der Waals surface area contributed by atoms with Gasteiger partial charge in [-0.15, -0.1) is 0 Å². The number of carbonyl (C=O) groups excluding carboxylic acids is 2. The molecule has 1 aromatic heterocycles. The van der Waals surface area contributed by atoms with Gasteiger partial charge in [-0.1, -0.05) is 12.1 Å². The summed E-state index contributed by atoms with van der Waals surface area (Å²) in [7, 11) is 0. The topological polar surface area (TPSA) is 79.2 Å². The van der Waals surface area contributed by atoms with Crippen molar-refractivity contribution in [2.45, 2.75) is 18.9 Å². The van der Waals surface area contributed by atoms with E-state index in [0.717, 1.165) is 21.8 Å². The zero-order valence-electron chi connectivity index (χ0n) is 10.7. The van der Waals surface area contributed by atoms with E-state index in [1.54, 1.807) is 11.1 Å². The van der Waals surface area contributed by atoms with Gasteiger partial charge in [-0.05, 0) is 34.8 Å². The number of benzene rings is 1. The Morgan fingerprint density at radius 3 is 2.95 bits per heavy atom. The molecule has 0 aliphatic carbocycles. The highest BCUT2D eigenvalue weighted by atomic mass is 79.9. The van der Waals surface area contributed by atoms with Crippen LogP contribution < -0.4 is 5.73 Å². The second-order valence-corrected chi connectivity index (χ2v) is 5.78. The van der Waals surface area contributed by atoms with Crippen molar-refractivity contribution in [3.63, 3.8) is 0 Å². The van der Waals surface area contributed by atoms with Crippen LogP contribution in [-0.4, -0.2) is 34.3 Å².